The molecule has 2 N–H and O–H groups in total. The van der Waals surface area contributed by atoms with Crippen molar-refractivity contribution < 1.29 is 0 Å². The molecule has 0 fully saturated rings. The monoisotopic (exact) mass is 312 g/mol. The largest absolute Gasteiger partial charge is 0.361 e. The van der Waals surface area contributed by atoms with Gasteiger partial charge in [-0.2, -0.15) is 5.26 Å². The van der Waals surface area contributed by atoms with E-state index in [-0.39, 0.29) is 5.56 Å². The fraction of sp³-hybridized carbons (Fsp3) is 0. The Balaban J connectivity index is 1.88. The van der Waals surface area contributed by atoms with Crippen molar-refractivity contribution in [3.8, 4) is 6.07 Å². The minimum Gasteiger partial charge on any atom is -0.361 e. The van der Waals surface area contributed by atoms with Gasteiger partial charge in [0.2, 0.25) is 0 Å². The van der Waals surface area contributed by atoms with Crippen LogP contribution in [-0.2, 0) is 0 Å². The number of nitrogens with zero attached hydrogens (tertiary/aromatic N) is 2. The van der Waals surface area contributed by atoms with Crippen LogP contribution in [0.4, 0.5) is 5.69 Å². The molecule has 0 aliphatic carbocycles. The molecule has 2 aromatic heterocycles. The van der Waals surface area contributed by atoms with Crippen LogP contribution in [0.2, 0.25) is 0 Å². The summed E-state index contributed by atoms with van der Waals surface area (Å²) in [5, 5.41) is 10.6. The molecule has 5 nitrogen and oxygen atoms in total. The minimum absolute atomic E-state index is 0.168. The van der Waals surface area contributed by atoms with E-state index in [4.69, 9.17) is 5.26 Å². The van der Waals surface area contributed by atoms with Crippen molar-refractivity contribution >= 4 is 33.7 Å². The van der Waals surface area contributed by atoms with Crippen LogP contribution < -0.4 is 5.56 Å². The zero-order valence-electron chi connectivity index (χ0n) is 12.6. The predicted molar refractivity (Wildman–Crippen MR) is 94.8 cm³/mol. The van der Waals surface area contributed by atoms with Gasteiger partial charge in [-0.1, -0.05) is 6.07 Å². The average molecular weight is 312 g/mol. The molecule has 2 heterocycles. The van der Waals surface area contributed by atoms with Gasteiger partial charge in [0.15, 0.2) is 0 Å². The van der Waals surface area contributed by atoms with E-state index in [1.54, 1.807) is 30.5 Å². The zero-order valence-corrected chi connectivity index (χ0v) is 12.6. The molecule has 0 unspecified atom stereocenters. The highest BCUT2D eigenvalue weighted by molar-refractivity contribution is 6.13. The maximum absolute atomic E-state index is 12.3. The number of fused-ring (bicyclic) bond motifs is 3. The van der Waals surface area contributed by atoms with Crippen molar-refractivity contribution in [3.05, 3.63) is 76.2 Å². The highest BCUT2D eigenvalue weighted by Crippen LogP contribution is 2.24. The molecule has 0 saturated heterocycles. The fourth-order valence-corrected chi connectivity index (χ4v) is 2.78. The fourth-order valence-electron chi connectivity index (χ4n) is 2.78. The Morgan fingerprint density at radius 3 is 2.62 bits per heavy atom. The number of nitrogens with one attached hydrogen (secondary N) is 2. The maximum atomic E-state index is 12.3. The molecule has 114 valence electrons. The van der Waals surface area contributed by atoms with E-state index in [1.165, 1.54) is 0 Å². The summed E-state index contributed by atoms with van der Waals surface area (Å²) in [6.45, 7) is 0. The number of hydrogen-bond acceptors (Lipinski definition) is 3. The molecule has 0 atom stereocenters. The molecule has 24 heavy (non-hydrogen) atoms. The van der Waals surface area contributed by atoms with Gasteiger partial charge in [-0.3, -0.25) is 9.79 Å². The van der Waals surface area contributed by atoms with E-state index in [0.29, 0.717) is 16.8 Å². The van der Waals surface area contributed by atoms with Crippen molar-refractivity contribution in [1.82, 2.24) is 9.97 Å². The molecule has 0 radical (unpaired) electrons. The lowest BCUT2D eigenvalue weighted by atomic mass is 10.1. The number of aliphatic imine (C=N–C) groups is 1. The molecular formula is C19H12N4O. The summed E-state index contributed by atoms with van der Waals surface area (Å²) >= 11 is 0. The molecular weight excluding hydrogens is 300 g/mol. The zero-order chi connectivity index (χ0) is 16.5. The first kappa shape index (κ1) is 14.0. The Morgan fingerprint density at radius 1 is 1.04 bits per heavy atom. The standard InChI is InChI=1S/C19H12N4O/c20-10-12-3-5-13(6-4-12)22-11-15-18-14-2-1-9-21-16(14)7-8-17(18)23-19(15)24/h1-9,11,21H,(H,23,24). The first-order valence-corrected chi connectivity index (χ1v) is 7.42. The van der Waals surface area contributed by atoms with E-state index < -0.39 is 0 Å². The third kappa shape index (κ3) is 2.27. The number of pyridine rings is 1. The first-order chi connectivity index (χ1) is 11.8. The summed E-state index contributed by atoms with van der Waals surface area (Å²) in [6.07, 6.45) is 3.43. The smallest absolute Gasteiger partial charge is 0.257 e. The van der Waals surface area contributed by atoms with Crippen LogP contribution in [0.15, 0.2) is 64.5 Å². The van der Waals surface area contributed by atoms with E-state index in [1.807, 2.05) is 30.5 Å². The second-order valence-electron chi connectivity index (χ2n) is 5.40. The Morgan fingerprint density at radius 2 is 1.83 bits per heavy atom. The molecule has 4 aromatic rings. The SMILES string of the molecule is N#Cc1ccc(N=Cc2c(=O)[nH]c3ccc4[nH]cccc4c23)cc1. The van der Waals surface area contributed by atoms with E-state index in [9.17, 15) is 4.79 Å². The topological polar surface area (TPSA) is 84.8 Å². The number of aromatic amines is 2. The van der Waals surface area contributed by atoms with Crippen LogP contribution in [0.1, 0.15) is 11.1 Å². The quantitative estimate of drug-likeness (QED) is 0.554. The summed E-state index contributed by atoms with van der Waals surface area (Å²) < 4.78 is 0. The van der Waals surface area contributed by atoms with E-state index in [0.717, 1.165) is 21.8 Å². The minimum atomic E-state index is -0.168. The number of rotatable bonds is 2. The average Bonchev–Trinajstić information content (AvgIpc) is 2.96. The third-order valence-corrected chi connectivity index (χ3v) is 3.94. The van der Waals surface area contributed by atoms with Crippen molar-refractivity contribution in [2.45, 2.75) is 0 Å². The lowest BCUT2D eigenvalue weighted by Crippen LogP contribution is -2.04. The molecule has 0 aliphatic heterocycles. The molecule has 0 spiro atoms. The van der Waals surface area contributed by atoms with Crippen molar-refractivity contribution in [2.75, 3.05) is 0 Å². The summed E-state index contributed by atoms with van der Waals surface area (Å²) in [5.74, 6) is 0. The normalized spacial score (nSPS) is 11.3. The molecule has 0 amide bonds. The maximum Gasteiger partial charge on any atom is 0.257 e. The number of nitriles is 1. The van der Waals surface area contributed by atoms with Crippen LogP contribution in [0, 0.1) is 11.3 Å². The summed E-state index contributed by atoms with van der Waals surface area (Å²) in [4.78, 5) is 22.7. The van der Waals surface area contributed by atoms with Crippen LogP contribution in [0.5, 0.6) is 0 Å². The molecule has 0 aliphatic rings. The van der Waals surface area contributed by atoms with Crippen LogP contribution >= 0.6 is 0 Å². The highest BCUT2D eigenvalue weighted by Gasteiger charge is 2.10. The third-order valence-electron chi connectivity index (χ3n) is 3.94. The summed E-state index contributed by atoms with van der Waals surface area (Å²) in [7, 11) is 0. The highest BCUT2D eigenvalue weighted by atomic mass is 16.1. The predicted octanol–water partition coefficient (Wildman–Crippen LogP) is 3.63. The first-order valence-electron chi connectivity index (χ1n) is 7.42. The lowest BCUT2D eigenvalue weighted by molar-refractivity contribution is 1.35. The molecule has 0 saturated carbocycles. The lowest BCUT2D eigenvalue weighted by Gasteiger charge is -2.00. The van der Waals surface area contributed by atoms with Gasteiger partial charge >= 0.3 is 0 Å². The Kier molecular flexibility index (Phi) is 3.22. The van der Waals surface area contributed by atoms with Gasteiger partial charge in [-0.25, -0.2) is 0 Å². The summed E-state index contributed by atoms with van der Waals surface area (Å²) in [6, 6.07) is 16.7. The van der Waals surface area contributed by atoms with Crippen LogP contribution in [0.25, 0.3) is 21.8 Å². The van der Waals surface area contributed by atoms with Crippen LogP contribution in [0.3, 0.4) is 0 Å². The molecule has 2 aromatic carbocycles. The molecule has 5 heteroatoms. The van der Waals surface area contributed by atoms with Crippen molar-refractivity contribution in [3.63, 3.8) is 0 Å². The van der Waals surface area contributed by atoms with Crippen molar-refractivity contribution in [1.29, 1.82) is 5.26 Å². The van der Waals surface area contributed by atoms with E-state index >= 15 is 0 Å². The van der Waals surface area contributed by atoms with Gasteiger partial charge in [0, 0.05) is 34.2 Å². The number of hydrogen-bond donors (Lipinski definition) is 2. The van der Waals surface area contributed by atoms with Gasteiger partial charge < -0.3 is 9.97 Å². The van der Waals surface area contributed by atoms with Gasteiger partial charge in [0.05, 0.1) is 22.9 Å². The second-order valence-corrected chi connectivity index (χ2v) is 5.40. The summed E-state index contributed by atoms with van der Waals surface area (Å²) in [5.41, 5.74) is 3.37. The van der Waals surface area contributed by atoms with Crippen molar-refractivity contribution in [2.24, 2.45) is 4.99 Å². The molecule has 4 rings (SSSR count). The number of aromatic nitrogens is 2. The Labute approximate surface area is 136 Å². The van der Waals surface area contributed by atoms with E-state index in [2.05, 4.69) is 21.0 Å². The van der Waals surface area contributed by atoms with Crippen LogP contribution in [-0.4, -0.2) is 16.2 Å². The number of benzene rings is 2. The Bertz CT molecular complexity index is 1170. The molecule has 0 bridgehead atoms. The van der Waals surface area contributed by atoms with Gasteiger partial charge in [0.1, 0.15) is 0 Å². The number of H-pyrrole nitrogens is 2. The Hall–Kier alpha value is -3.65. The van der Waals surface area contributed by atoms with Gasteiger partial charge in [-0.05, 0) is 42.5 Å². The second kappa shape index (κ2) is 5.52. The van der Waals surface area contributed by atoms with Gasteiger partial charge in [-0.15, -0.1) is 0 Å². The van der Waals surface area contributed by atoms with Gasteiger partial charge in [0.25, 0.3) is 5.56 Å².